The number of methoxy groups -OCH3 is 1. The maximum absolute atomic E-state index is 13.9. The molecule has 8 heteroatoms. The first-order chi connectivity index (χ1) is 17.3. The van der Waals surface area contributed by atoms with Crippen LogP contribution in [0.3, 0.4) is 0 Å². The van der Waals surface area contributed by atoms with E-state index < -0.39 is 11.6 Å². The fourth-order valence-electron chi connectivity index (χ4n) is 5.01. The van der Waals surface area contributed by atoms with E-state index in [0.717, 1.165) is 16.5 Å². The molecule has 1 aliphatic rings. The maximum atomic E-state index is 13.9. The Labute approximate surface area is 214 Å². The normalized spacial score (nSPS) is 17.5. The van der Waals surface area contributed by atoms with Crippen molar-refractivity contribution in [3.8, 4) is 5.75 Å². The minimum Gasteiger partial charge on any atom is -0.496 e. The number of benzene rings is 3. The van der Waals surface area contributed by atoms with E-state index in [1.54, 1.807) is 45.5 Å². The van der Waals surface area contributed by atoms with Gasteiger partial charge in [-0.1, -0.05) is 48.0 Å². The third-order valence-corrected chi connectivity index (χ3v) is 6.95. The van der Waals surface area contributed by atoms with Crippen LogP contribution < -0.4 is 15.4 Å². The highest BCUT2D eigenvalue weighted by Gasteiger charge is 2.52. The first-order valence-corrected chi connectivity index (χ1v) is 12.0. The number of aromatic amines is 1. The lowest BCUT2D eigenvalue weighted by atomic mass is 9.81. The van der Waals surface area contributed by atoms with Gasteiger partial charge in [-0.05, 0) is 42.3 Å². The number of carbonyl (C=O) groups excluding carboxylic acids is 2. The van der Waals surface area contributed by atoms with Crippen molar-refractivity contribution in [3.63, 3.8) is 0 Å². The van der Waals surface area contributed by atoms with E-state index in [9.17, 15) is 9.59 Å². The van der Waals surface area contributed by atoms with Gasteiger partial charge in [-0.15, -0.1) is 0 Å². The van der Waals surface area contributed by atoms with Crippen LogP contribution in [0.1, 0.15) is 16.7 Å². The minimum absolute atomic E-state index is 0.155. The standard InChI is InChI=1S/C28H27ClN4O3/c1-33(2)26(34)24(14-17-16-30-22-10-6-4-8-19(17)22)32-28(20-9-5-7-11-25(20)36-3)21-15-18(29)12-13-23(21)31-27(28)35/h4-13,15-16,24,30,32H,14H2,1-3H3,(H,31,35)/t24-,28?/m0/s1. The van der Waals surface area contributed by atoms with Crippen LogP contribution in [0.5, 0.6) is 5.75 Å². The van der Waals surface area contributed by atoms with Gasteiger partial charge in [-0.3, -0.25) is 14.9 Å². The van der Waals surface area contributed by atoms with E-state index in [0.29, 0.717) is 34.0 Å². The summed E-state index contributed by atoms with van der Waals surface area (Å²) in [6.07, 6.45) is 2.28. The van der Waals surface area contributed by atoms with Gasteiger partial charge in [0.1, 0.15) is 5.75 Å². The molecule has 1 aromatic heterocycles. The number of carbonyl (C=O) groups is 2. The van der Waals surface area contributed by atoms with Gasteiger partial charge in [0.25, 0.3) is 5.91 Å². The molecule has 1 aliphatic heterocycles. The van der Waals surface area contributed by atoms with Crippen LogP contribution in [0, 0.1) is 0 Å². The number of likely N-dealkylation sites (N-methyl/N-ethyl adjacent to an activating group) is 1. The highest BCUT2D eigenvalue weighted by molar-refractivity contribution is 6.31. The van der Waals surface area contributed by atoms with E-state index in [2.05, 4.69) is 15.6 Å². The van der Waals surface area contributed by atoms with Gasteiger partial charge < -0.3 is 19.9 Å². The summed E-state index contributed by atoms with van der Waals surface area (Å²) < 4.78 is 5.68. The lowest BCUT2D eigenvalue weighted by molar-refractivity contribution is -0.132. The van der Waals surface area contributed by atoms with Gasteiger partial charge >= 0.3 is 0 Å². The van der Waals surface area contributed by atoms with Crippen molar-refractivity contribution in [2.24, 2.45) is 0 Å². The van der Waals surface area contributed by atoms with Crippen molar-refractivity contribution >= 4 is 40.0 Å². The third-order valence-electron chi connectivity index (χ3n) is 6.71. The molecule has 2 amide bonds. The number of nitrogens with one attached hydrogen (secondary N) is 3. The molecule has 0 saturated carbocycles. The molecule has 0 radical (unpaired) electrons. The molecule has 2 atom stereocenters. The average molecular weight is 503 g/mol. The van der Waals surface area contributed by atoms with Crippen molar-refractivity contribution in [1.82, 2.24) is 15.2 Å². The van der Waals surface area contributed by atoms with E-state index in [1.165, 1.54) is 4.90 Å². The number of ether oxygens (including phenoxy) is 1. The number of hydrogen-bond donors (Lipinski definition) is 3. The molecule has 0 fully saturated rings. The van der Waals surface area contributed by atoms with Gasteiger partial charge in [-0.2, -0.15) is 0 Å². The lowest BCUT2D eigenvalue weighted by Gasteiger charge is -2.35. The molecule has 5 rings (SSSR count). The lowest BCUT2D eigenvalue weighted by Crippen LogP contribution is -2.58. The highest BCUT2D eigenvalue weighted by atomic mass is 35.5. The number of halogens is 1. The van der Waals surface area contributed by atoms with Crippen LogP contribution in [-0.2, 0) is 21.5 Å². The van der Waals surface area contributed by atoms with E-state index in [4.69, 9.17) is 16.3 Å². The Morgan fingerprint density at radius 3 is 2.61 bits per heavy atom. The fourth-order valence-corrected chi connectivity index (χ4v) is 5.18. The summed E-state index contributed by atoms with van der Waals surface area (Å²) in [5, 5.41) is 7.98. The number of hydrogen-bond acceptors (Lipinski definition) is 4. The van der Waals surface area contributed by atoms with Crippen LogP contribution in [0.4, 0.5) is 5.69 Å². The fraction of sp³-hybridized carbons (Fsp3) is 0.214. The second-order valence-corrected chi connectivity index (χ2v) is 9.52. The zero-order valence-corrected chi connectivity index (χ0v) is 21.0. The molecule has 0 saturated heterocycles. The quantitative estimate of drug-likeness (QED) is 0.351. The minimum atomic E-state index is -1.41. The van der Waals surface area contributed by atoms with Crippen LogP contribution in [0.25, 0.3) is 10.9 Å². The molecule has 0 spiro atoms. The first kappa shape index (κ1) is 23.9. The molecule has 0 bridgehead atoms. The third kappa shape index (κ3) is 3.90. The summed E-state index contributed by atoms with van der Waals surface area (Å²) >= 11 is 6.41. The van der Waals surface area contributed by atoms with Gasteiger partial charge in [0.2, 0.25) is 5.91 Å². The van der Waals surface area contributed by atoms with E-state index >= 15 is 0 Å². The molecule has 7 nitrogen and oxygen atoms in total. The molecule has 3 aromatic carbocycles. The number of anilines is 1. The summed E-state index contributed by atoms with van der Waals surface area (Å²) in [4.78, 5) is 32.3. The number of para-hydroxylation sites is 2. The zero-order chi connectivity index (χ0) is 25.4. The van der Waals surface area contributed by atoms with Gasteiger partial charge in [-0.25, -0.2) is 0 Å². The number of nitrogens with zero attached hydrogens (tertiary/aromatic N) is 1. The summed E-state index contributed by atoms with van der Waals surface area (Å²) in [6, 6.07) is 19.8. The maximum Gasteiger partial charge on any atom is 0.254 e. The monoisotopic (exact) mass is 502 g/mol. The Hall–Kier alpha value is -3.81. The Bertz CT molecular complexity index is 1460. The van der Waals surface area contributed by atoms with Crippen molar-refractivity contribution in [2.45, 2.75) is 18.0 Å². The van der Waals surface area contributed by atoms with Gasteiger partial charge in [0.15, 0.2) is 5.54 Å². The molecule has 0 aliphatic carbocycles. The molecule has 1 unspecified atom stereocenters. The van der Waals surface area contributed by atoms with Crippen molar-refractivity contribution in [2.75, 3.05) is 26.5 Å². The number of fused-ring (bicyclic) bond motifs is 2. The Morgan fingerprint density at radius 2 is 1.83 bits per heavy atom. The Morgan fingerprint density at radius 1 is 1.08 bits per heavy atom. The van der Waals surface area contributed by atoms with Crippen LogP contribution in [-0.4, -0.2) is 48.9 Å². The van der Waals surface area contributed by atoms with Crippen LogP contribution >= 0.6 is 11.6 Å². The van der Waals surface area contributed by atoms with Gasteiger partial charge in [0, 0.05) is 53.0 Å². The smallest absolute Gasteiger partial charge is 0.254 e. The first-order valence-electron chi connectivity index (χ1n) is 11.6. The highest BCUT2D eigenvalue weighted by Crippen LogP contribution is 2.45. The molecule has 4 aromatic rings. The number of aromatic nitrogens is 1. The second kappa shape index (κ2) is 9.33. The number of amides is 2. The predicted molar refractivity (Wildman–Crippen MR) is 141 cm³/mol. The van der Waals surface area contributed by atoms with E-state index in [1.807, 2.05) is 48.7 Å². The molecular formula is C28H27ClN4O3. The van der Waals surface area contributed by atoms with Crippen molar-refractivity contribution in [3.05, 3.63) is 94.6 Å². The van der Waals surface area contributed by atoms with Crippen LogP contribution in [0.2, 0.25) is 5.02 Å². The largest absolute Gasteiger partial charge is 0.496 e. The van der Waals surface area contributed by atoms with E-state index in [-0.39, 0.29) is 11.8 Å². The van der Waals surface area contributed by atoms with Crippen molar-refractivity contribution in [1.29, 1.82) is 0 Å². The van der Waals surface area contributed by atoms with Gasteiger partial charge in [0.05, 0.1) is 13.2 Å². The Balaban J connectivity index is 1.69. The SMILES string of the molecule is COc1ccccc1C1(N[C@@H](Cc2c[nH]c3ccccc23)C(=O)N(C)C)C(=O)Nc2ccc(Cl)cc21. The van der Waals surface area contributed by atoms with Crippen LogP contribution in [0.15, 0.2) is 72.9 Å². The number of rotatable bonds is 7. The Kier molecular flexibility index (Phi) is 6.20. The summed E-state index contributed by atoms with van der Waals surface area (Å²) in [6.45, 7) is 0. The summed E-state index contributed by atoms with van der Waals surface area (Å²) in [7, 11) is 4.98. The zero-order valence-electron chi connectivity index (χ0n) is 20.3. The molecule has 2 heterocycles. The summed E-state index contributed by atoms with van der Waals surface area (Å²) in [5.41, 5.74) is 2.42. The van der Waals surface area contributed by atoms with Crippen molar-refractivity contribution < 1.29 is 14.3 Å². The molecular weight excluding hydrogens is 476 g/mol. The molecule has 3 N–H and O–H groups in total. The number of H-pyrrole nitrogens is 1. The summed E-state index contributed by atoms with van der Waals surface area (Å²) in [5.74, 6) is 0.0636. The second-order valence-electron chi connectivity index (χ2n) is 9.09. The predicted octanol–water partition coefficient (Wildman–Crippen LogP) is 4.31. The average Bonchev–Trinajstić information content (AvgIpc) is 3.41. The molecule has 36 heavy (non-hydrogen) atoms. The molecule has 184 valence electrons. The topological polar surface area (TPSA) is 86.5 Å².